The minimum Gasteiger partial charge on any atom is -0.208 e. The van der Waals surface area contributed by atoms with Crippen LogP contribution in [0.25, 0.3) is 101 Å². The fourth-order valence-electron chi connectivity index (χ4n) is 10.8. The zero-order chi connectivity index (χ0) is 42.9. The van der Waals surface area contributed by atoms with Crippen LogP contribution in [-0.4, -0.2) is 15.0 Å². The summed E-state index contributed by atoms with van der Waals surface area (Å²) in [5, 5.41) is 2.23. The minimum atomic E-state index is -0.431. The van der Waals surface area contributed by atoms with Crippen LogP contribution in [0.3, 0.4) is 0 Å². The lowest BCUT2D eigenvalue weighted by Crippen LogP contribution is -2.25. The van der Waals surface area contributed by atoms with Gasteiger partial charge in [-0.05, 0) is 101 Å². The van der Waals surface area contributed by atoms with Gasteiger partial charge in [-0.15, -0.1) is 0 Å². The second-order valence-electron chi connectivity index (χ2n) is 17.0. The minimum absolute atomic E-state index is 0.431. The molecule has 3 heteroatoms. The van der Waals surface area contributed by atoms with Gasteiger partial charge in [0.2, 0.25) is 0 Å². The molecule has 0 bridgehead atoms. The van der Waals surface area contributed by atoms with Gasteiger partial charge in [0.25, 0.3) is 0 Å². The van der Waals surface area contributed by atoms with Crippen LogP contribution in [0.15, 0.2) is 237 Å². The molecule has 2 aliphatic rings. The lowest BCUT2D eigenvalue weighted by Gasteiger charge is -2.30. The van der Waals surface area contributed by atoms with E-state index < -0.39 is 5.41 Å². The third kappa shape index (κ3) is 5.72. The van der Waals surface area contributed by atoms with Crippen molar-refractivity contribution in [1.29, 1.82) is 0 Å². The molecule has 302 valence electrons. The Morgan fingerprint density at radius 3 is 1.46 bits per heavy atom. The molecule has 0 fully saturated rings. The van der Waals surface area contributed by atoms with Gasteiger partial charge in [0.1, 0.15) is 0 Å². The van der Waals surface area contributed by atoms with Gasteiger partial charge in [-0.2, -0.15) is 0 Å². The normalized spacial score (nSPS) is 12.7. The van der Waals surface area contributed by atoms with Crippen LogP contribution in [0.5, 0.6) is 0 Å². The number of aromatic nitrogens is 3. The van der Waals surface area contributed by atoms with Crippen LogP contribution in [0.1, 0.15) is 22.3 Å². The average Bonchev–Trinajstić information content (AvgIpc) is 3.86. The molecule has 0 amide bonds. The molecule has 0 radical (unpaired) electrons. The lowest BCUT2D eigenvalue weighted by molar-refractivity contribution is 0.794. The predicted octanol–water partition coefficient (Wildman–Crippen LogP) is 15.4. The second kappa shape index (κ2) is 14.8. The van der Waals surface area contributed by atoms with Crippen LogP contribution in [0.2, 0.25) is 0 Å². The van der Waals surface area contributed by atoms with Crippen LogP contribution in [0, 0.1) is 0 Å². The Balaban J connectivity index is 1.04. The monoisotopic (exact) mass is 825 g/mol. The summed E-state index contributed by atoms with van der Waals surface area (Å²) < 4.78 is 0. The Bertz CT molecular complexity index is 3620. The first-order valence-electron chi connectivity index (χ1n) is 22.3. The van der Waals surface area contributed by atoms with Crippen molar-refractivity contribution in [3.8, 4) is 89.8 Å². The van der Waals surface area contributed by atoms with Gasteiger partial charge < -0.3 is 0 Å². The van der Waals surface area contributed by atoms with E-state index in [9.17, 15) is 0 Å². The fraction of sp³-hybridized carbons (Fsp3) is 0.0161. The molecule has 1 heterocycles. The Morgan fingerprint density at radius 1 is 0.246 bits per heavy atom. The summed E-state index contributed by atoms with van der Waals surface area (Å²) in [4.78, 5) is 15.9. The number of fused-ring (bicyclic) bond motifs is 11. The van der Waals surface area contributed by atoms with Gasteiger partial charge >= 0.3 is 0 Å². The highest BCUT2D eigenvalue weighted by atomic mass is 15.0. The second-order valence-corrected chi connectivity index (χ2v) is 17.0. The molecule has 3 nitrogen and oxygen atoms in total. The van der Waals surface area contributed by atoms with E-state index in [1.165, 1.54) is 50.1 Å². The molecule has 0 atom stereocenters. The van der Waals surface area contributed by atoms with E-state index in [1.54, 1.807) is 0 Å². The standard InChI is InChI=1S/C62H39N3/c1-3-18-40(19-4-1)43-24-15-25-44(38-43)59-63-60(65-61(64-59)51-31-16-23-41-22-7-8-26-46(41)51)45-36-37-47(53(39-45)42-20-5-2-6-21-42)50-30-17-35-57-58(50)52-29-11-14-34-56(52)62(57)54-32-12-9-27-48(54)49-28-10-13-33-55(49)62/h1-39H. The van der Waals surface area contributed by atoms with Crippen molar-refractivity contribution in [2.75, 3.05) is 0 Å². The van der Waals surface area contributed by atoms with Crippen molar-refractivity contribution in [3.05, 3.63) is 259 Å². The molecule has 65 heavy (non-hydrogen) atoms. The zero-order valence-electron chi connectivity index (χ0n) is 35.4. The van der Waals surface area contributed by atoms with E-state index in [2.05, 4.69) is 231 Å². The molecule has 0 saturated carbocycles. The first-order chi connectivity index (χ1) is 32.2. The summed E-state index contributed by atoms with van der Waals surface area (Å²) in [5.41, 5.74) is 19.7. The van der Waals surface area contributed by atoms with Gasteiger partial charge in [0, 0.05) is 16.7 Å². The molecule has 2 aliphatic carbocycles. The number of benzene rings is 10. The van der Waals surface area contributed by atoms with E-state index in [4.69, 9.17) is 15.0 Å². The van der Waals surface area contributed by atoms with E-state index in [-0.39, 0.29) is 0 Å². The Morgan fingerprint density at radius 2 is 0.723 bits per heavy atom. The Hall–Kier alpha value is -8.53. The molecule has 11 aromatic rings. The SMILES string of the molecule is c1ccc(-c2cccc(-c3nc(-c4ccc(-c5cccc6c5-c5ccccc5C65c6ccccc6-c6ccccc65)c(-c5ccccc5)c4)nc(-c4cccc5ccccc45)n3)c2)cc1. The smallest absolute Gasteiger partial charge is 0.164 e. The van der Waals surface area contributed by atoms with E-state index in [0.717, 1.165) is 55.3 Å². The van der Waals surface area contributed by atoms with Crippen molar-refractivity contribution in [2.45, 2.75) is 5.41 Å². The largest absolute Gasteiger partial charge is 0.208 e. The maximum Gasteiger partial charge on any atom is 0.164 e. The summed E-state index contributed by atoms with van der Waals surface area (Å²) in [7, 11) is 0. The van der Waals surface area contributed by atoms with Crippen molar-refractivity contribution in [3.63, 3.8) is 0 Å². The van der Waals surface area contributed by atoms with Gasteiger partial charge in [0.15, 0.2) is 17.5 Å². The van der Waals surface area contributed by atoms with Crippen LogP contribution in [-0.2, 0) is 5.41 Å². The van der Waals surface area contributed by atoms with Gasteiger partial charge in [-0.25, -0.2) is 15.0 Å². The molecule has 0 aliphatic heterocycles. The van der Waals surface area contributed by atoms with Gasteiger partial charge in [-0.3, -0.25) is 0 Å². The predicted molar refractivity (Wildman–Crippen MR) is 266 cm³/mol. The van der Waals surface area contributed by atoms with E-state index in [1.807, 2.05) is 6.07 Å². The maximum absolute atomic E-state index is 5.32. The Labute approximate surface area is 378 Å². The molecule has 1 spiro atoms. The third-order valence-corrected chi connectivity index (χ3v) is 13.6. The summed E-state index contributed by atoms with van der Waals surface area (Å²) in [6.45, 7) is 0. The summed E-state index contributed by atoms with van der Waals surface area (Å²) in [6.07, 6.45) is 0. The molecule has 0 unspecified atom stereocenters. The van der Waals surface area contributed by atoms with Gasteiger partial charge in [-0.1, -0.05) is 224 Å². The first-order valence-corrected chi connectivity index (χ1v) is 22.3. The number of hydrogen-bond donors (Lipinski definition) is 0. The van der Waals surface area contributed by atoms with Crippen LogP contribution >= 0.6 is 0 Å². The maximum atomic E-state index is 5.32. The van der Waals surface area contributed by atoms with Crippen molar-refractivity contribution < 1.29 is 0 Å². The van der Waals surface area contributed by atoms with Crippen molar-refractivity contribution in [2.24, 2.45) is 0 Å². The highest BCUT2D eigenvalue weighted by Gasteiger charge is 2.52. The van der Waals surface area contributed by atoms with E-state index in [0.29, 0.717) is 17.5 Å². The topological polar surface area (TPSA) is 38.7 Å². The van der Waals surface area contributed by atoms with Gasteiger partial charge in [0.05, 0.1) is 5.41 Å². The summed E-state index contributed by atoms with van der Waals surface area (Å²) in [6, 6.07) is 85.2. The highest BCUT2D eigenvalue weighted by molar-refractivity contribution is 6.02. The van der Waals surface area contributed by atoms with E-state index >= 15 is 0 Å². The highest BCUT2D eigenvalue weighted by Crippen LogP contribution is 2.64. The molecular formula is C62H39N3. The first kappa shape index (κ1) is 37.1. The quantitative estimate of drug-likeness (QED) is 0.168. The third-order valence-electron chi connectivity index (χ3n) is 13.6. The fourth-order valence-corrected chi connectivity index (χ4v) is 10.8. The number of rotatable bonds is 6. The number of nitrogens with zero attached hydrogens (tertiary/aromatic N) is 3. The summed E-state index contributed by atoms with van der Waals surface area (Å²) >= 11 is 0. The molecule has 10 aromatic carbocycles. The Kier molecular flexibility index (Phi) is 8.44. The summed E-state index contributed by atoms with van der Waals surface area (Å²) in [5.74, 6) is 1.88. The molecular weight excluding hydrogens is 787 g/mol. The molecule has 0 saturated heterocycles. The zero-order valence-corrected chi connectivity index (χ0v) is 35.4. The lowest BCUT2D eigenvalue weighted by atomic mass is 9.70. The molecule has 1 aromatic heterocycles. The van der Waals surface area contributed by atoms with Crippen molar-refractivity contribution >= 4 is 10.8 Å². The van der Waals surface area contributed by atoms with Crippen LogP contribution < -0.4 is 0 Å². The van der Waals surface area contributed by atoms with Crippen LogP contribution in [0.4, 0.5) is 0 Å². The average molecular weight is 826 g/mol. The van der Waals surface area contributed by atoms with Crippen molar-refractivity contribution in [1.82, 2.24) is 15.0 Å². The number of hydrogen-bond acceptors (Lipinski definition) is 3. The molecule has 13 rings (SSSR count). The molecule has 0 N–H and O–H groups in total.